The third-order valence-corrected chi connectivity index (χ3v) is 2.11. The molecule has 0 aliphatic heterocycles. The quantitative estimate of drug-likeness (QED) is 0.633. The summed E-state index contributed by atoms with van der Waals surface area (Å²) in [7, 11) is 0. The molecule has 0 fully saturated rings. The molecule has 1 aromatic carbocycles. The Bertz CT molecular complexity index is 458. The molecule has 0 saturated heterocycles. The van der Waals surface area contributed by atoms with Crippen LogP contribution in [-0.2, 0) is 0 Å². The smallest absolute Gasteiger partial charge is 0.125 e. The molecule has 0 atom stereocenters. The van der Waals surface area contributed by atoms with Gasteiger partial charge in [0, 0.05) is 17.1 Å². The molecular formula is C13H16FN. The second-order valence-corrected chi connectivity index (χ2v) is 3.24. The molecule has 80 valence electrons. The third kappa shape index (κ3) is 2.52. The monoisotopic (exact) mass is 205 g/mol. The molecule has 0 aliphatic rings. The van der Waals surface area contributed by atoms with Gasteiger partial charge >= 0.3 is 0 Å². The van der Waals surface area contributed by atoms with Gasteiger partial charge in [0.1, 0.15) is 5.82 Å². The Hall–Kier alpha value is -1.44. The second kappa shape index (κ2) is 4.87. The first-order valence-electron chi connectivity index (χ1n) is 5.20. The average Bonchev–Trinajstić information content (AvgIpc) is 2.19. The fraction of sp³-hybridized carbons (Fsp3) is 0.308. The fourth-order valence-corrected chi connectivity index (χ4v) is 1.54. The van der Waals surface area contributed by atoms with Crippen molar-refractivity contribution in [2.75, 3.05) is 0 Å². The van der Waals surface area contributed by atoms with Crippen molar-refractivity contribution in [2.24, 2.45) is 0 Å². The van der Waals surface area contributed by atoms with Gasteiger partial charge in [0.2, 0.25) is 0 Å². The maximum atomic E-state index is 12.9. The summed E-state index contributed by atoms with van der Waals surface area (Å²) in [5.74, 6) is -0.231. The van der Waals surface area contributed by atoms with E-state index in [9.17, 15) is 4.39 Å². The Morgan fingerprint density at radius 3 is 2.40 bits per heavy atom. The van der Waals surface area contributed by atoms with Crippen LogP contribution in [0.15, 0.2) is 24.3 Å². The molecule has 0 bridgehead atoms. The number of fused-ring (bicyclic) bond motifs is 1. The number of pyridine rings is 1. The highest BCUT2D eigenvalue weighted by Gasteiger charge is 2.00. The van der Waals surface area contributed by atoms with Crippen LogP contribution < -0.4 is 0 Å². The van der Waals surface area contributed by atoms with Crippen molar-refractivity contribution >= 4 is 10.9 Å². The predicted molar refractivity (Wildman–Crippen MR) is 62.5 cm³/mol. The molecule has 1 aromatic heterocycles. The van der Waals surface area contributed by atoms with Gasteiger partial charge in [0.15, 0.2) is 0 Å². The highest BCUT2D eigenvalue weighted by molar-refractivity contribution is 5.82. The molecule has 2 aromatic rings. The van der Waals surface area contributed by atoms with Crippen LogP contribution in [-0.4, -0.2) is 4.98 Å². The Balaban J connectivity index is 0.000000531. The molecule has 0 spiro atoms. The summed E-state index contributed by atoms with van der Waals surface area (Å²) in [6.07, 6.45) is 0. The van der Waals surface area contributed by atoms with Crippen LogP contribution in [0.3, 0.4) is 0 Å². The molecule has 0 N–H and O–H groups in total. The topological polar surface area (TPSA) is 12.9 Å². The summed E-state index contributed by atoms with van der Waals surface area (Å²) in [5.41, 5.74) is 2.80. The lowest BCUT2D eigenvalue weighted by Gasteiger charge is -2.02. The molecule has 1 heterocycles. The maximum Gasteiger partial charge on any atom is 0.125 e. The van der Waals surface area contributed by atoms with E-state index in [1.165, 1.54) is 12.1 Å². The summed E-state index contributed by atoms with van der Waals surface area (Å²) in [4.78, 5) is 4.26. The molecule has 0 unspecified atom stereocenters. The van der Waals surface area contributed by atoms with E-state index in [-0.39, 0.29) is 5.82 Å². The van der Waals surface area contributed by atoms with E-state index in [0.29, 0.717) is 0 Å². The summed E-state index contributed by atoms with van der Waals surface area (Å²) >= 11 is 0. The molecule has 0 saturated carbocycles. The fourth-order valence-electron chi connectivity index (χ4n) is 1.54. The van der Waals surface area contributed by atoms with E-state index in [0.717, 1.165) is 22.2 Å². The van der Waals surface area contributed by atoms with Gasteiger partial charge in [-0.3, -0.25) is 4.98 Å². The lowest BCUT2D eigenvalue weighted by Crippen LogP contribution is -1.87. The van der Waals surface area contributed by atoms with Crippen LogP contribution in [0.5, 0.6) is 0 Å². The van der Waals surface area contributed by atoms with Gasteiger partial charge in [-0.1, -0.05) is 13.8 Å². The first-order chi connectivity index (χ1) is 7.16. The molecule has 2 rings (SSSR count). The van der Waals surface area contributed by atoms with Crippen LogP contribution in [0.1, 0.15) is 25.1 Å². The van der Waals surface area contributed by atoms with E-state index in [4.69, 9.17) is 0 Å². The number of halogens is 1. The normalized spacial score (nSPS) is 9.67. The summed E-state index contributed by atoms with van der Waals surface area (Å²) < 4.78 is 12.9. The lowest BCUT2D eigenvalue weighted by molar-refractivity contribution is 0.629. The molecule has 0 aliphatic carbocycles. The van der Waals surface area contributed by atoms with E-state index in [1.807, 2.05) is 33.8 Å². The zero-order valence-corrected chi connectivity index (χ0v) is 9.63. The van der Waals surface area contributed by atoms with Crippen molar-refractivity contribution in [2.45, 2.75) is 27.7 Å². The van der Waals surface area contributed by atoms with E-state index >= 15 is 0 Å². The minimum Gasteiger partial charge on any atom is -0.253 e. The largest absolute Gasteiger partial charge is 0.253 e. The number of aromatic nitrogens is 1. The number of rotatable bonds is 0. The molecule has 1 nitrogen and oxygen atoms in total. The van der Waals surface area contributed by atoms with E-state index < -0.39 is 0 Å². The molecular weight excluding hydrogens is 189 g/mol. The van der Waals surface area contributed by atoms with E-state index in [1.54, 1.807) is 6.07 Å². The van der Waals surface area contributed by atoms with Gasteiger partial charge in [0.25, 0.3) is 0 Å². The van der Waals surface area contributed by atoms with Crippen molar-refractivity contribution in [1.82, 2.24) is 4.98 Å². The zero-order chi connectivity index (χ0) is 11.4. The third-order valence-electron chi connectivity index (χ3n) is 2.11. The van der Waals surface area contributed by atoms with Crippen LogP contribution in [0.4, 0.5) is 4.39 Å². The summed E-state index contributed by atoms with van der Waals surface area (Å²) in [5, 5.41) is 1.02. The van der Waals surface area contributed by atoms with Crippen molar-refractivity contribution in [3.8, 4) is 0 Å². The predicted octanol–water partition coefficient (Wildman–Crippen LogP) is 4.02. The van der Waals surface area contributed by atoms with Gasteiger partial charge in [-0.2, -0.15) is 0 Å². The van der Waals surface area contributed by atoms with Crippen LogP contribution >= 0.6 is 0 Å². The Kier molecular flexibility index (Phi) is 3.78. The van der Waals surface area contributed by atoms with Gasteiger partial charge in [-0.05, 0) is 37.6 Å². The Labute approximate surface area is 90.0 Å². The van der Waals surface area contributed by atoms with Crippen LogP contribution in [0.2, 0.25) is 0 Å². The van der Waals surface area contributed by atoms with Crippen LogP contribution in [0, 0.1) is 19.7 Å². The second-order valence-electron chi connectivity index (χ2n) is 3.24. The first-order valence-corrected chi connectivity index (χ1v) is 5.20. The molecule has 2 heteroatoms. The standard InChI is InChI=1S/C11H10FN.C2H6/c1-7-5-8(2)13-11-6-9(12)3-4-10(7)11;1-2/h3-6H,1-2H3;1-2H3. The van der Waals surface area contributed by atoms with Gasteiger partial charge in [-0.15, -0.1) is 0 Å². The van der Waals surface area contributed by atoms with Crippen molar-refractivity contribution in [3.63, 3.8) is 0 Å². The molecule has 0 radical (unpaired) electrons. The van der Waals surface area contributed by atoms with E-state index in [2.05, 4.69) is 4.98 Å². The summed E-state index contributed by atoms with van der Waals surface area (Å²) in [6.45, 7) is 7.92. The number of benzene rings is 1. The number of nitrogens with zero attached hydrogens (tertiary/aromatic N) is 1. The highest BCUT2D eigenvalue weighted by atomic mass is 19.1. The Morgan fingerprint density at radius 1 is 1.07 bits per heavy atom. The summed E-state index contributed by atoms with van der Waals surface area (Å²) in [6, 6.07) is 6.70. The number of hydrogen-bond donors (Lipinski definition) is 0. The van der Waals surface area contributed by atoms with Gasteiger partial charge < -0.3 is 0 Å². The maximum absolute atomic E-state index is 12.9. The lowest BCUT2D eigenvalue weighted by atomic mass is 10.1. The molecule has 0 amide bonds. The first kappa shape index (κ1) is 11.6. The van der Waals surface area contributed by atoms with Crippen LogP contribution in [0.25, 0.3) is 10.9 Å². The zero-order valence-electron chi connectivity index (χ0n) is 9.63. The minimum atomic E-state index is -0.231. The highest BCUT2D eigenvalue weighted by Crippen LogP contribution is 2.18. The Morgan fingerprint density at radius 2 is 1.73 bits per heavy atom. The SMILES string of the molecule is CC.Cc1cc(C)c2ccc(F)cc2n1. The van der Waals surface area contributed by atoms with Crippen molar-refractivity contribution in [1.29, 1.82) is 0 Å². The van der Waals surface area contributed by atoms with Crippen molar-refractivity contribution < 1.29 is 4.39 Å². The average molecular weight is 205 g/mol. The number of aryl methyl sites for hydroxylation is 2. The minimum absolute atomic E-state index is 0.231. The van der Waals surface area contributed by atoms with Gasteiger partial charge in [0.05, 0.1) is 5.52 Å². The number of hydrogen-bond acceptors (Lipinski definition) is 1. The van der Waals surface area contributed by atoms with Gasteiger partial charge in [-0.25, -0.2) is 4.39 Å². The van der Waals surface area contributed by atoms with Crippen molar-refractivity contribution in [3.05, 3.63) is 41.3 Å². The molecule has 15 heavy (non-hydrogen) atoms.